The largest absolute Gasteiger partial charge is 0.478 e. The van der Waals surface area contributed by atoms with E-state index in [1.54, 1.807) is 0 Å². The summed E-state index contributed by atoms with van der Waals surface area (Å²) in [5, 5.41) is 17.4. The van der Waals surface area contributed by atoms with E-state index in [2.05, 4.69) is 0 Å². The fraction of sp³-hybridized carbons (Fsp3) is 0.704. The molecule has 0 aliphatic carbocycles. The van der Waals surface area contributed by atoms with Crippen molar-refractivity contribution in [1.82, 2.24) is 0 Å². The maximum Gasteiger partial charge on any atom is 0.335 e. The summed E-state index contributed by atoms with van der Waals surface area (Å²) in [5.41, 5.74) is 11.3. The van der Waals surface area contributed by atoms with E-state index >= 15 is 0 Å². The topological polar surface area (TPSA) is 127 Å². The van der Waals surface area contributed by atoms with Gasteiger partial charge in [-0.15, -0.1) is 0 Å². The van der Waals surface area contributed by atoms with Gasteiger partial charge in [-0.1, -0.05) is 96.0 Å². The van der Waals surface area contributed by atoms with E-state index in [4.69, 9.17) is 21.7 Å². The van der Waals surface area contributed by atoms with Gasteiger partial charge < -0.3 is 21.7 Å². The average molecular weight is 465 g/mol. The third kappa shape index (κ3) is 17.3. The number of nitrogens with two attached hydrogens (primary N) is 2. The van der Waals surface area contributed by atoms with Gasteiger partial charge in [-0.25, -0.2) is 9.59 Å². The third-order valence-electron chi connectivity index (χ3n) is 5.95. The predicted molar refractivity (Wildman–Crippen MR) is 137 cm³/mol. The molecule has 0 spiro atoms. The van der Waals surface area contributed by atoms with Crippen LogP contribution in [-0.2, 0) is 0 Å². The molecule has 1 rings (SSSR count). The zero-order valence-corrected chi connectivity index (χ0v) is 20.8. The summed E-state index contributed by atoms with van der Waals surface area (Å²) < 4.78 is 0. The fourth-order valence-electron chi connectivity index (χ4n) is 3.86. The Balaban J connectivity index is 0.000000676. The zero-order valence-electron chi connectivity index (χ0n) is 20.8. The molecule has 33 heavy (non-hydrogen) atoms. The molecule has 0 heterocycles. The zero-order chi connectivity index (χ0) is 24.7. The standard InChI is InChI=1S/C18H40N2.C9H8O4/c19-17-15-13-11-9-7-5-3-1-2-4-6-8-10-12-14-16-18-20;1-5-6(8(10)11)3-2-4-7(5)9(12)13/h1-20H2;2-4H,1H3,(H,10,11)(H,12,13). The summed E-state index contributed by atoms with van der Waals surface area (Å²) in [6, 6.07) is 4.17. The number of carboxylic acid groups (broad SMARTS) is 2. The van der Waals surface area contributed by atoms with E-state index in [9.17, 15) is 9.59 Å². The van der Waals surface area contributed by atoms with Crippen molar-refractivity contribution in [2.75, 3.05) is 13.1 Å². The first-order chi connectivity index (χ1) is 16.0. The summed E-state index contributed by atoms with van der Waals surface area (Å²) in [4.78, 5) is 21.2. The summed E-state index contributed by atoms with van der Waals surface area (Å²) in [5.74, 6) is -2.22. The van der Waals surface area contributed by atoms with Crippen molar-refractivity contribution in [2.45, 2.75) is 110 Å². The molecule has 0 saturated carbocycles. The first kappa shape index (κ1) is 31.1. The molecule has 0 fully saturated rings. The number of hydrogen-bond acceptors (Lipinski definition) is 4. The third-order valence-corrected chi connectivity index (χ3v) is 5.95. The average Bonchev–Trinajstić information content (AvgIpc) is 2.79. The fourth-order valence-corrected chi connectivity index (χ4v) is 3.86. The highest BCUT2D eigenvalue weighted by atomic mass is 16.4. The molecule has 6 nitrogen and oxygen atoms in total. The minimum Gasteiger partial charge on any atom is -0.478 e. The SMILES string of the molecule is Cc1c(C(=O)O)cccc1C(=O)O.NCCCCCCCCCCCCCCCCCCN. The number of rotatable bonds is 19. The van der Waals surface area contributed by atoms with Crippen LogP contribution in [0.4, 0.5) is 0 Å². The molecule has 0 amide bonds. The van der Waals surface area contributed by atoms with Gasteiger partial charge in [0.1, 0.15) is 0 Å². The van der Waals surface area contributed by atoms with Gasteiger partial charge in [-0.05, 0) is 50.6 Å². The summed E-state index contributed by atoms with van der Waals surface area (Å²) in [6.45, 7) is 3.22. The molecule has 0 saturated heterocycles. The Kier molecular flexibility index (Phi) is 20.6. The summed E-state index contributed by atoms with van der Waals surface area (Å²) >= 11 is 0. The monoisotopic (exact) mass is 464 g/mol. The van der Waals surface area contributed by atoms with E-state index < -0.39 is 11.9 Å². The van der Waals surface area contributed by atoms with Gasteiger partial charge in [-0.2, -0.15) is 0 Å². The van der Waals surface area contributed by atoms with Crippen molar-refractivity contribution in [3.63, 3.8) is 0 Å². The second-order valence-corrected chi connectivity index (χ2v) is 8.82. The van der Waals surface area contributed by atoms with Gasteiger partial charge in [0.25, 0.3) is 0 Å². The van der Waals surface area contributed by atoms with Crippen LogP contribution in [0.15, 0.2) is 18.2 Å². The Morgan fingerprint density at radius 1 is 0.576 bits per heavy atom. The molecule has 190 valence electrons. The van der Waals surface area contributed by atoms with Crippen LogP contribution in [0.25, 0.3) is 0 Å². The molecule has 0 radical (unpaired) electrons. The lowest BCUT2D eigenvalue weighted by atomic mass is 10.0. The first-order valence-electron chi connectivity index (χ1n) is 12.9. The second-order valence-electron chi connectivity index (χ2n) is 8.82. The molecule has 0 aromatic heterocycles. The highest BCUT2D eigenvalue weighted by Crippen LogP contribution is 2.14. The number of benzene rings is 1. The van der Waals surface area contributed by atoms with Crippen LogP contribution in [-0.4, -0.2) is 35.2 Å². The van der Waals surface area contributed by atoms with Gasteiger partial charge in [0.05, 0.1) is 11.1 Å². The van der Waals surface area contributed by atoms with Crippen LogP contribution >= 0.6 is 0 Å². The van der Waals surface area contributed by atoms with Gasteiger partial charge in [-0.3, -0.25) is 0 Å². The molecule has 0 aliphatic heterocycles. The molecular weight excluding hydrogens is 416 g/mol. The summed E-state index contributed by atoms with van der Waals surface area (Å²) in [7, 11) is 0. The lowest BCUT2D eigenvalue weighted by molar-refractivity contribution is 0.0696. The van der Waals surface area contributed by atoms with Crippen LogP contribution in [0.1, 0.15) is 129 Å². The second kappa shape index (κ2) is 21.9. The van der Waals surface area contributed by atoms with E-state index in [0.29, 0.717) is 0 Å². The lowest BCUT2D eigenvalue weighted by Crippen LogP contribution is -2.06. The van der Waals surface area contributed by atoms with E-state index in [1.807, 2.05) is 0 Å². The normalized spacial score (nSPS) is 10.5. The van der Waals surface area contributed by atoms with E-state index in [1.165, 1.54) is 128 Å². The number of unbranched alkanes of at least 4 members (excludes halogenated alkanes) is 15. The molecule has 0 unspecified atom stereocenters. The molecule has 6 N–H and O–H groups in total. The maximum absolute atomic E-state index is 10.6. The van der Waals surface area contributed by atoms with Crippen LogP contribution in [0.2, 0.25) is 0 Å². The molecule has 1 aromatic rings. The van der Waals surface area contributed by atoms with E-state index in [-0.39, 0.29) is 16.7 Å². The van der Waals surface area contributed by atoms with E-state index in [0.717, 1.165) is 13.1 Å². The van der Waals surface area contributed by atoms with Gasteiger partial charge in [0, 0.05) is 0 Å². The summed E-state index contributed by atoms with van der Waals surface area (Å²) in [6.07, 6.45) is 22.3. The minimum atomic E-state index is -1.11. The van der Waals surface area contributed by atoms with Crippen LogP contribution in [0, 0.1) is 6.92 Å². The Morgan fingerprint density at radius 2 is 0.818 bits per heavy atom. The molecule has 0 atom stereocenters. The van der Waals surface area contributed by atoms with Gasteiger partial charge >= 0.3 is 11.9 Å². The van der Waals surface area contributed by atoms with Crippen molar-refractivity contribution in [1.29, 1.82) is 0 Å². The molecule has 0 bridgehead atoms. The quantitative estimate of drug-likeness (QED) is 0.172. The molecule has 1 aromatic carbocycles. The van der Waals surface area contributed by atoms with Gasteiger partial charge in [0.2, 0.25) is 0 Å². The minimum absolute atomic E-state index is 0.0277. The number of carbonyl (C=O) groups is 2. The molecular formula is C27H48N2O4. The number of hydrogen-bond donors (Lipinski definition) is 4. The Bertz CT molecular complexity index is 584. The van der Waals surface area contributed by atoms with Crippen LogP contribution in [0.5, 0.6) is 0 Å². The highest BCUT2D eigenvalue weighted by molar-refractivity contribution is 5.96. The Hall–Kier alpha value is -1.92. The Labute approximate surface area is 201 Å². The van der Waals surface area contributed by atoms with Crippen molar-refractivity contribution >= 4 is 11.9 Å². The maximum atomic E-state index is 10.6. The number of carboxylic acids is 2. The predicted octanol–water partition coefficient (Wildman–Crippen LogP) is 6.54. The lowest BCUT2D eigenvalue weighted by Gasteiger charge is -2.03. The highest BCUT2D eigenvalue weighted by Gasteiger charge is 2.13. The first-order valence-corrected chi connectivity index (χ1v) is 12.9. The smallest absolute Gasteiger partial charge is 0.335 e. The van der Waals surface area contributed by atoms with Crippen LogP contribution < -0.4 is 11.5 Å². The molecule has 0 aliphatic rings. The van der Waals surface area contributed by atoms with Crippen molar-refractivity contribution < 1.29 is 19.8 Å². The molecule has 6 heteroatoms. The Morgan fingerprint density at radius 3 is 1.03 bits per heavy atom. The van der Waals surface area contributed by atoms with Crippen molar-refractivity contribution in [3.8, 4) is 0 Å². The van der Waals surface area contributed by atoms with Crippen molar-refractivity contribution in [3.05, 3.63) is 34.9 Å². The number of aromatic carboxylic acids is 2. The van der Waals surface area contributed by atoms with Crippen molar-refractivity contribution in [2.24, 2.45) is 11.5 Å². The van der Waals surface area contributed by atoms with Gasteiger partial charge in [0.15, 0.2) is 0 Å². The van der Waals surface area contributed by atoms with Crippen LogP contribution in [0.3, 0.4) is 0 Å².